The third kappa shape index (κ3) is 21.1. The van der Waals surface area contributed by atoms with Crippen LogP contribution in [-0.2, 0) is 23.1 Å². The normalized spacial score (nSPS) is 14.8. The molecule has 0 bridgehead atoms. The molecule has 0 aliphatic carbocycles. The number of unbranched alkanes of at least 4 members (excludes halogenated alkanes) is 13. The molecule has 29 heavy (non-hydrogen) atoms. The van der Waals surface area contributed by atoms with Gasteiger partial charge in [-0.3, -0.25) is 9.05 Å². The minimum atomic E-state index is -4.02. The van der Waals surface area contributed by atoms with Gasteiger partial charge in [-0.2, -0.15) is 0 Å². The van der Waals surface area contributed by atoms with E-state index in [-0.39, 0.29) is 13.2 Å². The Kier molecular flexibility index (Phi) is 21.3. The largest absolute Gasteiger partial charge is 0.472 e. The van der Waals surface area contributed by atoms with Crippen LogP contribution in [0.15, 0.2) is 0 Å². The lowest BCUT2D eigenvalue weighted by Crippen LogP contribution is -2.25. The van der Waals surface area contributed by atoms with Crippen molar-refractivity contribution in [3.63, 3.8) is 0 Å². The van der Waals surface area contributed by atoms with Crippen LogP contribution in [-0.4, -0.2) is 44.5 Å². The van der Waals surface area contributed by atoms with Crippen LogP contribution in [0.4, 0.5) is 0 Å². The number of hydrogen-bond donors (Lipinski definition) is 1. The Hall–Kier alpha value is 0.0300. The Balaban J connectivity index is 3.46. The van der Waals surface area contributed by atoms with Gasteiger partial charge in [0.05, 0.1) is 13.2 Å². The second kappa shape index (κ2) is 21.3. The summed E-state index contributed by atoms with van der Waals surface area (Å²) >= 11 is 0. The maximum Gasteiger partial charge on any atom is 0.472 e. The van der Waals surface area contributed by atoms with Gasteiger partial charge in [0.2, 0.25) is 0 Å². The Labute approximate surface area is 179 Å². The highest BCUT2D eigenvalue weighted by molar-refractivity contribution is 7.47. The third-order valence-corrected chi connectivity index (χ3v) is 5.99. The monoisotopic (exact) mass is 438 g/mol. The molecule has 0 amide bonds. The number of ether oxygens (including phenoxy) is 2. The summed E-state index contributed by atoms with van der Waals surface area (Å²) in [5.41, 5.74) is 0. The highest BCUT2D eigenvalue weighted by atomic mass is 31.2. The minimum Gasteiger partial charge on any atom is -0.379 e. The fourth-order valence-electron chi connectivity index (χ4n) is 3.20. The van der Waals surface area contributed by atoms with Crippen molar-refractivity contribution in [3.8, 4) is 0 Å². The van der Waals surface area contributed by atoms with Crippen LogP contribution >= 0.6 is 7.82 Å². The summed E-state index contributed by atoms with van der Waals surface area (Å²) in [5.74, 6) is 0. The molecule has 0 radical (unpaired) electrons. The first-order valence-electron chi connectivity index (χ1n) is 11.8. The highest BCUT2D eigenvalue weighted by Crippen LogP contribution is 2.43. The van der Waals surface area contributed by atoms with E-state index < -0.39 is 13.9 Å². The first kappa shape index (κ1) is 29.0. The van der Waals surface area contributed by atoms with Crippen LogP contribution in [0, 0.1) is 0 Å². The minimum absolute atomic E-state index is 0.211. The van der Waals surface area contributed by atoms with Gasteiger partial charge in [0.25, 0.3) is 0 Å². The van der Waals surface area contributed by atoms with Crippen molar-refractivity contribution in [2.24, 2.45) is 0 Å². The van der Waals surface area contributed by atoms with Crippen LogP contribution in [0.3, 0.4) is 0 Å². The molecule has 0 fully saturated rings. The first-order valence-corrected chi connectivity index (χ1v) is 13.3. The predicted octanol–water partition coefficient (Wildman–Crippen LogP) is 6.65. The smallest absolute Gasteiger partial charge is 0.379 e. The molecule has 2 atom stereocenters. The lowest BCUT2D eigenvalue weighted by atomic mass is 10.0. The second-order valence-electron chi connectivity index (χ2n) is 7.71. The van der Waals surface area contributed by atoms with Crippen molar-refractivity contribution in [2.45, 2.75) is 110 Å². The van der Waals surface area contributed by atoms with Crippen molar-refractivity contribution in [1.82, 2.24) is 0 Å². The average Bonchev–Trinajstić information content (AvgIpc) is 2.71. The molecule has 0 saturated carbocycles. The summed E-state index contributed by atoms with van der Waals surface area (Å²) in [6.45, 7) is 5.72. The van der Waals surface area contributed by atoms with Crippen molar-refractivity contribution in [3.05, 3.63) is 0 Å². The van der Waals surface area contributed by atoms with E-state index in [2.05, 4.69) is 11.4 Å². The van der Waals surface area contributed by atoms with E-state index in [0.717, 1.165) is 20.0 Å². The maximum absolute atomic E-state index is 11.5. The van der Waals surface area contributed by atoms with Gasteiger partial charge in [-0.1, -0.05) is 90.4 Å². The molecule has 0 aliphatic heterocycles. The van der Waals surface area contributed by atoms with E-state index in [0.29, 0.717) is 13.2 Å². The van der Waals surface area contributed by atoms with Gasteiger partial charge in [0.15, 0.2) is 0 Å². The van der Waals surface area contributed by atoms with Gasteiger partial charge >= 0.3 is 7.82 Å². The van der Waals surface area contributed by atoms with Crippen LogP contribution in [0.5, 0.6) is 0 Å². The van der Waals surface area contributed by atoms with Crippen molar-refractivity contribution in [2.75, 3.05) is 33.5 Å². The van der Waals surface area contributed by atoms with E-state index in [4.69, 9.17) is 14.0 Å². The Morgan fingerprint density at radius 1 is 0.724 bits per heavy atom. The standard InChI is InChI=1S/C22H47O6P/c1-4-6-7-8-9-10-11-12-13-14-15-16-17-18-19-27-21-22(20-26-5-2)28-29(23,24)25-3/h22H,4-21H2,1-3H3,(H,23,24). The van der Waals surface area contributed by atoms with Crippen LogP contribution in [0.1, 0.15) is 104 Å². The van der Waals surface area contributed by atoms with Gasteiger partial charge in [-0.25, -0.2) is 4.57 Å². The third-order valence-electron chi connectivity index (χ3n) is 4.97. The fourth-order valence-corrected chi connectivity index (χ4v) is 3.79. The van der Waals surface area contributed by atoms with Gasteiger partial charge < -0.3 is 14.4 Å². The molecule has 0 aliphatic rings. The maximum atomic E-state index is 11.5. The van der Waals surface area contributed by atoms with Crippen molar-refractivity contribution < 1.29 is 28.0 Å². The summed E-state index contributed by atoms with van der Waals surface area (Å²) < 4.78 is 31.9. The average molecular weight is 439 g/mol. The van der Waals surface area contributed by atoms with Crippen molar-refractivity contribution in [1.29, 1.82) is 0 Å². The molecule has 176 valence electrons. The molecular weight excluding hydrogens is 391 g/mol. The quantitative estimate of drug-likeness (QED) is 0.142. The molecule has 0 aromatic rings. The van der Waals surface area contributed by atoms with Gasteiger partial charge in [0, 0.05) is 20.3 Å². The highest BCUT2D eigenvalue weighted by Gasteiger charge is 2.25. The molecule has 1 N–H and O–H groups in total. The summed E-state index contributed by atoms with van der Waals surface area (Å²) in [6, 6.07) is 0. The summed E-state index contributed by atoms with van der Waals surface area (Å²) in [5, 5.41) is 0. The number of phosphoric acid groups is 1. The molecular formula is C22H47O6P. The van der Waals surface area contributed by atoms with E-state index >= 15 is 0 Å². The molecule has 0 rings (SSSR count). The lowest BCUT2D eigenvalue weighted by Gasteiger charge is -2.19. The summed E-state index contributed by atoms with van der Waals surface area (Å²) in [6.07, 6.45) is 18.0. The zero-order valence-corrected chi connectivity index (χ0v) is 20.1. The van der Waals surface area contributed by atoms with Crippen LogP contribution in [0.25, 0.3) is 0 Å². The van der Waals surface area contributed by atoms with E-state index in [1.807, 2.05) is 6.92 Å². The molecule has 0 spiro atoms. The SMILES string of the molecule is CCCCCCCCCCCCCCCCOCC(COCC)OP(=O)(O)OC. The van der Waals surface area contributed by atoms with Crippen LogP contribution < -0.4 is 0 Å². The van der Waals surface area contributed by atoms with Gasteiger partial charge in [-0.15, -0.1) is 0 Å². The lowest BCUT2D eigenvalue weighted by molar-refractivity contribution is -0.0184. The molecule has 2 unspecified atom stereocenters. The second-order valence-corrected chi connectivity index (χ2v) is 9.22. The number of phosphoric ester groups is 1. The Morgan fingerprint density at radius 3 is 1.62 bits per heavy atom. The molecule has 0 saturated heterocycles. The summed E-state index contributed by atoms with van der Waals surface area (Å²) in [7, 11) is -2.87. The molecule has 7 heteroatoms. The van der Waals surface area contributed by atoms with Crippen molar-refractivity contribution >= 4 is 7.82 Å². The van der Waals surface area contributed by atoms with E-state index in [9.17, 15) is 9.46 Å². The zero-order valence-electron chi connectivity index (χ0n) is 19.2. The van der Waals surface area contributed by atoms with Gasteiger partial charge in [-0.05, 0) is 13.3 Å². The number of rotatable bonds is 23. The predicted molar refractivity (Wildman–Crippen MR) is 119 cm³/mol. The Morgan fingerprint density at radius 2 is 1.17 bits per heavy atom. The molecule has 0 heterocycles. The Bertz CT molecular complexity index is 380. The van der Waals surface area contributed by atoms with E-state index in [1.54, 1.807) is 0 Å². The molecule has 0 aromatic heterocycles. The zero-order chi connectivity index (χ0) is 21.6. The topological polar surface area (TPSA) is 74.2 Å². The van der Waals surface area contributed by atoms with E-state index in [1.165, 1.54) is 77.0 Å². The van der Waals surface area contributed by atoms with Crippen LogP contribution in [0.2, 0.25) is 0 Å². The summed E-state index contributed by atoms with van der Waals surface area (Å²) in [4.78, 5) is 9.43. The first-order chi connectivity index (χ1) is 14.1. The molecule has 0 aromatic carbocycles. The molecule has 6 nitrogen and oxygen atoms in total. The number of hydrogen-bond acceptors (Lipinski definition) is 5. The van der Waals surface area contributed by atoms with Gasteiger partial charge in [0.1, 0.15) is 6.10 Å². The fraction of sp³-hybridized carbons (Fsp3) is 1.00.